The Morgan fingerprint density at radius 1 is 1.32 bits per heavy atom. The molecule has 1 aromatic carbocycles. The third-order valence-corrected chi connectivity index (χ3v) is 3.31. The van der Waals surface area contributed by atoms with E-state index in [0.717, 1.165) is 21.5 Å². The highest BCUT2D eigenvalue weighted by Gasteiger charge is 2.05. The van der Waals surface area contributed by atoms with Crippen molar-refractivity contribution in [3.63, 3.8) is 0 Å². The standard InChI is InChI=1S/C14H16BrN3O/c1-10-9-11(2)18(17-10)8-7-14(19)16-13-5-3-12(15)4-6-13/h3-6,9H,7-8H2,1-2H3,(H,16,19). The van der Waals surface area contributed by atoms with Gasteiger partial charge in [0.2, 0.25) is 5.91 Å². The lowest BCUT2D eigenvalue weighted by Gasteiger charge is -2.06. The molecule has 0 unspecified atom stereocenters. The number of carbonyl (C=O) groups excluding carboxylic acids is 1. The number of rotatable bonds is 4. The second-order valence-corrected chi connectivity index (χ2v) is 5.37. The lowest BCUT2D eigenvalue weighted by Crippen LogP contribution is -2.15. The Kier molecular flexibility index (Phi) is 4.37. The first kappa shape index (κ1) is 13.8. The maximum absolute atomic E-state index is 11.8. The summed E-state index contributed by atoms with van der Waals surface area (Å²) in [6, 6.07) is 9.54. The molecule has 0 aliphatic heterocycles. The predicted molar refractivity (Wildman–Crippen MR) is 79.1 cm³/mol. The van der Waals surface area contributed by atoms with E-state index in [4.69, 9.17) is 0 Å². The summed E-state index contributed by atoms with van der Waals surface area (Å²) in [6.07, 6.45) is 0.415. The molecule has 100 valence electrons. The number of aryl methyl sites for hydroxylation is 3. The van der Waals surface area contributed by atoms with Gasteiger partial charge in [0.05, 0.1) is 5.69 Å². The van der Waals surface area contributed by atoms with Crippen molar-refractivity contribution in [2.75, 3.05) is 5.32 Å². The molecule has 2 rings (SSSR count). The summed E-state index contributed by atoms with van der Waals surface area (Å²) in [6.45, 7) is 4.54. The molecule has 0 fully saturated rings. The van der Waals surface area contributed by atoms with Crippen LogP contribution in [0, 0.1) is 13.8 Å². The number of aromatic nitrogens is 2. The van der Waals surface area contributed by atoms with Gasteiger partial charge in [0, 0.05) is 28.8 Å². The van der Waals surface area contributed by atoms with E-state index in [0.29, 0.717) is 13.0 Å². The van der Waals surface area contributed by atoms with E-state index >= 15 is 0 Å². The van der Waals surface area contributed by atoms with Gasteiger partial charge in [0.1, 0.15) is 0 Å². The van der Waals surface area contributed by atoms with Gasteiger partial charge in [-0.25, -0.2) is 0 Å². The summed E-state index contributed by atoms with van der Waals surface area (Å²) in [5.74, 6) is -0.00474. The summed E-state index contributed by atoms with van der Waals surface area (Å²) in [4.78, 5) is 11.8. The monoisotopic (exact) mass is 321 g/mol. The molecular weight excluding hydrogens is 306 g/mol. The van der Waals surface area contributed by atoms with E-state index in [1.54, 1.807) is 0 Å². The molecular formula is C14H16BrN3O. The van der Waals surface area contributed by atoms with Crippen molar-refractivity contribution < 1.29 is 4.79 Å². The van der Waals surface area contributed by atoms with Crippen LogP contribution < -0.4 is 5.32 Å². The lowest BCUT2D eigenvalue weighted by atomic mass is 10.3. The molecule has 4 nitrogen and oxygen atoms in total. The first-order valence-electron chi connectivity index (χ1n) is 6.11. The number of halogens is 1. The van der Waals surface area contributed by atoms with Gasteiger partial charge in [-0.05, 0) is 44.2 Å². The Morgan fingerprint density at radius 3 is 2.58 bits per heavy atom. The summed E-state index contributed by atoms with van der Waals surface area (Å²) in [5.41, 5.74) is 2.86. The van der Waals surface area contributed by atoms with Crippen molar-refractivity contribution >= 4 is 27.5 Å². The van der Waals surface area contributed by atoms with Crippen LogP contribution in [0.2, 0.25) is 0 Å². The Hall–Kier alpha value is -1.62. The van der Waals surface area contributed by atoms with E-state index in [9.17, 15) is 4.79 Å². The van der Waals surface area contributed by atoms with Gasteiger partial charge < -0.3 is 5.32 Å². The van der Waals surface area contributed by atoms with Crippen LogP contribution in [-0.4, -0.2) is 15.7 Å². The smallest absolute Gasteiger partial charge is 0.226 e. The molecule has 0 saturated carbocycles. The van der Waals surface area contributed by atoms with Gasteiger partial charge in [-0.2, -0.15) is 5.10 Å². The fourth-order valence-electron chi connectivity index (χ4n) is 1.87. The molecule has 0 saturated heterocycles. The van der Waals surface area contributed by atoms with Gasteiger partial charge in [0.15, 0.2) is 0 Å². The van der Waals surface area contributed by atoms with Crippen LogP contribution in [0.5, 0.6) is 0 Å². The van der Waals surface area contributed by atoms with Gasteiger partial charge >= 0.3 is 0 Å². The fraction of sp³-hybridized carbons (Fsp3) is 0.286. The number of benzene rings is 1. The van der Waals surface area contributed by atoms with Gasteiger partial charge in [-0.3, -0.25) is 9.48 Å². The lowest BCUT2D eigenvalue weighted by molar-refractivity contribution is -0.116. The van der Waals surface area contributed by atoms with Gasteiger partial charge in [-0.15, -0.1) is 0 Å². The van der Waals surface area contributed by atoms with Crippen molar-refractivity contribution in [3.05, 3.63) is 46.2 Å². The van der Waals surface area contributed by atoms with Crippen molar-refractivity contribution in [1.29, 1.82) is 0 Å². The molecule has 0 aliphatic rings. The first-order valence-corrected chi connectivity index (χ1v) is 6.90. The second-order valence-electron chi connectivity index (χ2n) is 4.46. The van der Waals surface area contributed by atoms with Crippen LogP contribution in [0.25, 0.3) is 0 Å². The van der Waals surface area contributed by atoms with Crippen molar-refractivity contribution in [2.24, 2.45) is 0 Å². The van der Waals surface area contributed by atoms with E-state index in [-0.39, 0.29) is 5.91 Å². The molecule has 0 spiro atoms. The molecule has 1 aromatic heterocycles. The quantitative estimate of drug-likeness (QED) is 0.939. The minimum Gasteiger partial charge on any atom is -0.326 e. The third-order valence-electron chi connectivity index (χ3n) is 2.78. The summed E-state index contributed by atoms with van der Waals surface area (Å²) in [5, 5.41) is 7.20. The Labute approximate surface area is 120 Å². The van der Waals surface area contributed by atoms with E-state index in [1.807, 2.05) is 48.9 Å². The summed E-state index contributed by atoms with van der Waals surface area (Å²) >= 11 is 3.36. The highest BCUT2D eigenvalue weighted by Crippen LogP contribution is 2.14. The van der Waals surface area contributed by atoms with Crippen molar-refractivity contribution in [3.8, 4) is 0 Å². The SMILES string of the molecule is Cc1cc(C)n(CCC(=O)Nc2ccc(Br)cc2)n1. The molecule has 0 bridgehead atoms. The van der Waals surface area contributed by atoms with Crippen LogP contribution in [0.3, 0.4) is 0 Å². The van der Waals surface area contributed by atoms with Crippen LogP contribution >= 0.6 is 15.9 Å². The molecule has 0 radical (unpaired) electrons. The average molecular weight is 322 g/mol. The summed E-state index contributed by atoms with van der Waals surface area (Å²) < 4.78 is 2.85. The van der Waals surface area contributed by atoms with Crippen molar-refractivity contribution in [2.45, 2.75) is 26.8 Å². The minimum absolute atomic E-state index is 0.00474. The molecule has 5 heteroatoms. The zero-order valence-corrected chi connectivity index (χ0v) is 12.6. The topological polar surface area (TPSA) is 46.9 Å². The number of amides is 1. The molecule has 1 amide bonds. The highest BCUT2D eigenvalue weighted by atomic mass is 79.9. The third kappa shape index (κ3) is 3.92. The largest absolute Gasteiger partial charge is 0.326 e. The number of hydrogen-bond acceptors (Lipinski definition) is 2. The van der Waals surface area contributed by atoms with Crippen molar-refractivity contribution in [1.82, 2.24) is 9.78 Å². The van der Waals surface area contributed by atoms with E-state index in [1.165, 1.54) is 0 Å². The van der Waals surface area contributed by atoms with Crippen LogP contribution in [0.15, 0.2) is 34.8 Å². The van der Waals surface area contributed by atoms with Crippen LogP contribution in [0.4, 0.5) is 5.69 Å². The Bertz CT molecular complexity index is 575. The fourth-order valence-corrected chi connectivity index (χ4v) is 2.13. The Morgan fingerprint density at radius 2 is 2.00 bits per heavy atom. The molecule has 19 heavy (non-hydrogen) atoms. The number of carbonyl (C=O) groups is 1. The summed E-state index contributed by atoms with van der Waals surface area (Å²) in [7, 11) is 0. The van der Waals surface area contributed by atoms with Gasteiger partial charge in [-0.1, -0.05) is 15.9 Å². The normalized spacial score (nSPS) is 10.5. The average Bonchev–Trinajstić information content (AvgIpc) is 2.68. The Balaban J connectivity index is 1.88. The zero-order valence-electron chi connectivity index (χ0n) is 11.0. The maximum Gasteiger partial charge on any atom is 0.226 e. The number of nitrogens with zero attached hydrogens (tertiary/aromatic N) is 2. The highest BCUT2D eigenvalue weighted by molar-refractivity contribution is 9.10. The second kappa shape index (κ2) is 6.02. The molecule has 2 aromatic rings. The molecule has 0 aliphatic carbocycles. The molecule has 0 atom stereocenters. The minimum atomic E-state index is -0.00474. The zero-order chi connectivity index (χ0) is 13.8. The number of nitrogens with one attached hydrogen (secondary N) is 1. The van der Waals surface area contributed by atoms with Crippen LogP contribution in [0.1, 0.15) is 17.8 Å². The predicted octanol–water partition coefficient (Wildman–Crippen LogP) is 3.29. The van der Waals surface area contributed by atoms with Gasteiger partial charge in [0.25, 0.3) is 0 Å². The van der Waals surface area contributed by atoms with Crippen LogP contribution in [-0.2, 0) is 11.3 Å². The first-order chi connectivity index (χ1) is 9.04. The number of hydrogen-bond donors (Lipinski definition) is 1. The molecule has 1 N–H and O–H groups in total. The van der Waals surface area contributed by atoms with E-state index in [2.05, 4.69) is 26.3 Å². The number of anilines is 1. The van der Waals surface area contributed by atoms with E-state index < -0.39 is 0 Å². The molecule has 1 heterocycles. The maximum atomic E-state index is 11.8.